The molecule has 0 saturated heterocycles. The molecule has 4 nitrogen and oxygen atoms in total. The van der Waals surface area contributed by atoms with E-state index in [2.05, 4.69) is 29.0 Å². The molecule has 112 valence electrons. The number of carbonyl (C=O) groups is 1. The number of amides is 1. The molecule has 1 fully saturated rings. The second-order valence-corrected chi connectivity index (χ2v) is 7.42. The molecule has 1 aliphatic rings. The summed E-state index contributed by atoms with van der Waals surface area (Å²) in [4.78, 5) is 13.0. The third-order valence-electron chi connectivity index (χ3n) is 3.38. The van der Waals surface area contributed by atoms with E-state index in [1.165, 1.54) is 10.4 Å². The molecular weight excluding hydrogens is 272 g/mol. The van der Waals surface area contributed by atoms with E-state index < -0.39 is 5.60 Å². The molecule has 1 aromatic rings. The van der Waals surface area contributed by atoms with Gasteiger partial charge < -0.3 is 15.4 Å². The van der Waals surface area contributed by atoms with Crippen molar-refractivity contribution in [2.24, 2.45) is 0 Å². The highest BCUT2D eigenvalue weighted by Crippen LogP contribution is 2.22. The van der Waals surface area contributed by atoms with Gasteiger partial charge in [-0.1, -0.05) is 0 Å². The molecule has 2 N–H and O–H groups in total. The molecule has 0 unspecified atom stereocenters. The number of nitrogens with one attached hydrogen (secondary N) is 2. The maximum atomic E-state index is 11.6. The molecule has 5 heteroatoms. The molecule has 0 aromatic carbocycles. The normalized spacial score (nSPS) is 22.2. The fourth-order valence-corrected chi connectivity index (χ4v) is 3.06. The summed E-state index contributed by atoms with van der Waals surface area (Å²) < 4.78 is 5.25. The first-order valence-electron chi connectivity index (χ1n) is 7.09. The van der Waals surface area contributed by atoms with Gasteiger partial charge in [0.1, 0.15) is 5.60 Å². The van der Waals surface area contributed by atoms with Crippen molar-refractivity contribution in [1.29, 1.82) is 0 Å². The number of alkyl carbamates (subject to hydrolysis) is 1. The molecule has 0 atom stereocenters. The molecule has 2 rings (SSSR count). The van der Waals surface area contributed by atoms with Crippen LogP contribution in [0, 0.1) is 6.92 Å². The third-order valence-corrected chi connectivity index (χ3v) is 4.40. The highest BCUT2D eigenvalue weighted by Gasteiger charge is 2.31. The van der Waals surface area contributed by atoms with Gasteiger partial charge in [-0.15, -0.1) is 11.3 Å². The molecule has 0 radical (unpaired) electrons. The molecule has 1 saturated carbocycles. The Kier molecular flexibility index (Phi) is 4.70. The van der Waals surface area contributed by atoms with Gasteiger partial charge in [0, 0.05) is 23.5 Å². The minimum atomic E-state index is -0.428. The fraction of sp³-hybridized carbons (Fsp3) is 0.667. The van der Waals surface area contributed by atoms with Gasteiger partial charge in [-0.2, -0.15) is 0 Å². The third kappa shape index (κ3) is 4.49. The lowest BCUT2D eigenvalue weighted by Crippen LogP contribution is -2.52. The van der Waals surface area contributed by atoms with Crippen LogP contribution >= 0.6 is 11.3 Å². The average molecular weight is 296 g/mol. The van der Waals surface area contributed by atoms with Gasteiger partial charge in [0.15, 0.2) is 0 Å². The summed E-state index contributed by atoms with van der Waals surface area (Å²) in [5, 5.41) is 8.57. The molecule has 0 aliphatic heterocycles. The van der Waals surface area contributed by atoms with Crippen molar-refractivity contribution >= 4 is 17.4 Å². The second kappa shape index (κ2) is 6.14. The van der Waals surface area contributed by atoms with Crippen molar-refractivity contribution in [2.75, 3.05) is 0 Å². The second-order valence-electron chi connectivity index (χ2n) is 6.42. The Morgan fingerprint density at radius 1 is 1.40 bits per heavy atom. The Labute approximate surface area is 124 Å². The summed E-state index contributed by atoms with van der Waals surface area (Å²) in [6.45, 7) is 8.69. The van der Waals surface area contributed by atoms with Crippen LogP contribution in [0.1, 0.15) is 44.1 Å². The van der Waals surface area contributed by atoms with Crippen molar-refractivity contribution in [2.45, 2.75) is 64.8 Å². The Morgan fingerprint density at radius 2 is 2.10 bits per heavy atom. The Hall–Kier alpha value is -1.07. The van der Waals surface area contributed by atoms with Gasteiger partial charge in [0.05, 0.1) is 0 Å². The zero-order valence-corrected chi connectivity index (χ0v) is 13.5. The lowest BCUT2D eigenvalue weighted by Gasteiger charge is -2.36. The fourth-order valence-electron chi connectivity index (χ4n) is 2.20. The number of carbonyl (C=O) groups excluding carboxylic acids is 1. The van der Waals surface area contributed by atoms with Crippen molar-refractivity contribution in [1.82, 2.24) is 10.6 Å². The minimum absolute atomic E-state index is 0.242. The molecule has 0 spiro atoms. The first kappa shape index (κ1) is 15.3. The predicted octanol–water partition coefficient (Wildman–Crippen LogP) is 3.20. The summed E-state index contributed by atoms with van der Waals surface area (Å²) in [6, 6.07) is 2.89. The molecule has 1 aromatic heterocycles. The lowest BCUT2D eigenvalue weighted by molar-refractivity contribution is 0.0465. The zero-order valence-electron chi connectivity index (χ0n) is 12.7. The van der Waals surface area contributed by atoms with Gasteiger partial charge in [0.25, 0.3) is 0 Å². The Balaban J connectivity index is 1.63. The highest BCUT2D eigenvalue weighted by molar-refractivity contribution is 7.10. The maximum Gasteiger partial charge on any atom is 0.407 e. The summed E-state index contributed by atoms with van der Waals surface area (Å²) in [5.41, 5.74) is 0.924. The lowest BCUT2D eigenvalue weighted by atomic mass is 9.87. The van der Waals surface area contributed by atoms with Crippen molar-refractivity contribution in [3.05, 3.63) is 21.9 Å². The average Bonchev–Trinajstić information content (AvgIpc) is 2.64. The van der Waals surface area contributed by atoms with Crippen LogP contribution in [0.25, 0.3) is 0 Å². The van der Waals surface area contributed by atoms with E-state index in [-0.39, 0.29) is 12.1 Å². The number of aryl methyl sites for hydroxylation is 1. The smallest absolute Gasteiger partial charge is 0.407 e. The van der Waals surface area contributed by atoms with Crippen LogP contribution < -0.4 is 10.6 Å². The first-order valence-corrected chi connectivity index (χ1v) is 7.97. The van der Waals surface area contributed by atoms with Crippen LogP contribution in [-0.2, 0) is 11.3 Å². The summed E-state index contributed by atoms with van der Waals surface area (Å²) in [6.07, 6.45) is 1.64. The number of rotatable bonds is 4. The van der Waals surface area contributed by atoms with Gasteiger partial charge in [-0.25, -0.2) is 4.79 Å². The van der Waals surface area contributed by atoms with Crippen molar-refractivity contribution in [3.8, 4) is 0 Å². The minimum Gasteiger partial charge on any atom is -0.444 e. The van der Waals surface area contributed by atoms with Gasteiger partial charge in [-0.05, 0) is 57.5 Å². The standard InChI is InChI=1S/C15H24N2O2S/c1-10-5-6-20-13(10)9-16-11-7-12(8-11)17-14(18)19-15(2,3)4/h5-6,11-12,16H,7-9H2,1-4H3,(H,17,18). The molecule has 20 heavy (non-hydrogen) atoms. The quantitative estimate of drug-likeness (QED) is 0.897. The highest BCUT2D eigenvalue weighted by atomic mass is 32.1. The van der Waals surface area contributed by atoms with E-state index in [4.69, 9.17) is 4.74 Å². The SMILES string of the molecule is Cc1ccsc1CNC1CC(NC(=O)OC(C)(C)C)C1. The van der Waals surface area contributed by atoms with E-state index in [0.29, 0.717) is 6.04 Å². The first-order chi connectivity index (χ1) is 9.33. The maximum absolute atomic E-state index is 11.6. The van der Waals surface area contributed by atoms with E-state index in [9.17, 15) is 4.79 Å². The van der Waals surface area contributed by atoms with Crippen molar-refractivity contribution in [3.63, 3.8) is 0 Å². The zero-order chi connectivity index (χ0) is 14.8. The number of hydrogen-bond acceptors (Lipinski definition) is 4. The number of hydrogen-bond donors (Lipinski definition) is 2. The van der Waals surface area contributed by atoms with E-state index in [1.54, 1.807) is 11.3 Å². The van der Waals surface area contributed by atoms with Gasteiger partial charge >= 0.3 is 6.09 Å². The van der Waals surface area contributed by atoms with Crippen LogP contribution in [0.3, 0.4) is 0 Å². The Morgan fingerprint density at radius 3 is 2.65 bits per heavy atom. The molecule has 1 amide bonds. The monoisotopic (exact) mass is 296 g/mol. The van der Waals surface area contributed by atoms with E-state index in [0.717, 1.165) is 19.4 Å². The largest absolute Gasteiger partial charge is 0.444 e. The van der Waals surface area contributed by atoms with Crippen LogP contribution in [0.5, 0.6) is 0 Å². The summed E-state index contributed by atoms with van der Waals surface area (Å²) in [7, 11) is 0. The number of ether oxygens (including phenoxy) is 1. The van der Waals surface area contributed by atoms with Crippen molar-refractivity contribution < 1.29 is 9.53 Å². The topological polar surface area (TPSA) is 50.4 Å². The number of thiophene rings is 1. The van der Waals surface area contributed by atoms with E-state index >= 15 is 0 Å². The predicted molar refractivity (Wildman–Crippen MR) is 82.1 cm³/mol. The van der Waals surface area contributed by atoms with Crippen LogP contribution in [0.4, 0.5) is 4.79 Å². The molecule has 1 aliphatic carbocycles. The van der Waals surface area contributed by atoms with Crippen LogP contribution in [0.15, 0.2) is 11.4 Å². The Bertz CT molecular complexity index is 459. The van der Waals surface area contributed by atoms with Gasteiger partial charge in [0.2, 0.25) is 0 Å². The van der Waals surface area contributed by atoms with Crippen LogP contribution in [-0.4, -0.2) is 23.8 Å². The molecule has 0 bridgehead atoms. The van der Waals surface area contributed by atoms with E-state index in [1.807, 2.05) is 20.8 Å². The summed E-state index contributed by atoms with van der Waals surface area (Å²) in [5.74, 6) is 0. The van der Waals surface area contributed by atoms with Gasteiger partial charge in [-0.3, -0.25) is 0 Å². The summed E-state index contributed by atoms with van der Waals surface area (Å²) >= 11 is 1.79. The molecule has 1 heterocycles. The molecular formula is C15H24N2O2S. The van der Waals surface area contributed by atoms with Crippen LogP contribution in [0.2, 0.25) is 0 Å².